The molecular formula is C14H20N4. The molecule has 0 saturated carbocycles. The second-order valence-electron chi connectivity index (χ2n) is 4.86. The summed E-state index contributed by atoms with van der Waals surface area (Å²) in [7, 11) is 0. The van der Waals surface area contributed by atoms with Gasteiger partial charge in [0.25, 0.3) is 0 Å². The molecule has 18 heavy (non-hydrogen) atoms. The van der Waals surface area contributed by atoms with Crippen molar-refractivity contribution >= 4 is 17.0 Å². The topological polar surface area (TPSA) is 44.0 Å². The zero-order valence-electron chi connectivity index (χ0n) is 10.9. The lowest BCUT2D eigenvalue weighted by Gasteiger charge is -2.18. The van der Waals surface area contributed by atoms with Crippen LogP contribution in [0.15, 0.2) is 18.2 Å². The predicted octanol–water partition coefficient (Wildman–Crippen LogP) is 1.92. The van der Waals surface area contributed by atoms with Crippen LogP contribution in [0.1, 0.15) is 18.9 Å². The monoisotopic (exact) mass is 244 g/mol. The Morgan fingerprint density at radius 2 is 2.22 bits per heavy atom. The SMILES string of the molecule is CCc1ccc2nc(N3CCCNCC3)[nH]c2c1. The summed E-state index contributed by atoms with van der Waals surface area (Å²) in [5.74, 6) is 1.02. The van der Waals surface area contributed by atoms with Gasteiger partial charge in [0.2, 0.25) is 5.95 Å². The molecule has 2 N–H and O–H groups in total. The number of benzene rings is 1. The van der Waals surface area contributed by atoms with Gasteiger partial charge in [-0.3, -0.25) is 0 Å². The van der Waals surface area contributed by atoms with Crippen molar-refractivity contribution in [1.82, 2.24) is 15.3 Å². The number of imidazole rings is 1. The van der Waals surface area contributed by atoms with Crippen molar-refractivity contribution < 1.29 is 0 Å². The van der Waals surface area contributed by atoms with Crippen LogP contribution in [-0.2, 0) is 6.42 Å². The molecule has 0 aliphatic carbocycles. The van der Waals surface area contributed by atoms with Crippen molar-refractivity contribution in [2.24, 2.45) is 0 Å². The van der Waals surface area contributed by atoms with Crippen LogP contribution < -0.4 is 10.2 Å². The summed E-state index contributed by atoms with van der Waals surface area (Å²) in [5.41, 5.74) is 3.58. The van der Waals surface area contributed by atoms with Crippen molar-refractivity contribution in [3.8, 4) is 0 Å². The van der Waals surface area contributed by atoms with E-state index in [-0.39, 0.29) is 0 Å². The normalized spacial score (nSPS) is 17.1. The van der Waals surface area contributed by atoms with Crippen molar-refractivity contribution in [1.29, 1.82) is 0 Å². The van der Waals surface area contributed by atoms with E-state index in [1.165, 1.54) is 12.0 Å². The first-order valence-electron chi connectivity index (χ1n) is 6.81. The number of hydrogen-bond donors (Lipinski definition) is 2. The van der Waals surface area contributed by atoms with Crippen molar-refractivity contribution in [2.75, 3.05) is 31.1 Å². The minimum absolute atomic E-state index is 1.02. The van der Waals surface area contributed by atoms with E-state index in [0.29, 0.717) is 0 Å². The molecule has 0 atom stereocenters. The number of anilines is 1. The number of H-pyrrole nitrogens is 1. The van der Waals surface area contributed by atoms with Gasteiger partial charge in [-0.05, 0) is 37.1 Å². The van der Waals surface area contributed by atoms with Crippen LogP contribution in [0.4, 0.5) is 5.95 Å². The van der Waals surface area contributed by atoms with Crippen LogP contribution in [0.2, 0.25) is 0 Å². The van der Waals surface area contributed by atoms with E-state index in [1.807, 2.05) is 0 Å². The van der Waals surface area contributed by atoms with Crippen molar-refractivity contribution in [3.05, 3.63) is 23.8 Å². The Labute approximate surface area is 107 Å². The minimum Gasteiger partial charge on any atom is -0.341 e. The molecule has 1 aliphatic rings. The molecule has 2 heterocycles. The van der Waals surface area contributed by atoms with Crippen LogP contribution in [-0.4, -0.2) is 36.1 Å². The van der Waals surface area contributed by atoms with E-state index in [0.717, 1.165) is 49.6 Å². The van der Waals surface area contributed by atoms with Crippen LogP contribution in [0, 0.1) is 0 Å². The average molecular weight is 244 g/mol. The molecule has 96 valence electrons. The molecule has 1 saturated heterocycles. The fourth-order valence-electron chi connectivity index (χ4n) is 2.47. The van der Waals surface area contributed by atoms with Gasteiger partial charge in [0, 0.05) is 19.6 Å². The maximum absolute atomic E-state index is 4.70. The Morgan fingerprint density at radius 1 is 1.28 bits per heavy atom. The Hall–Kier alpha value is -1.55. The van der Waals surface area contributed by atoms with Crippen molar-refractivity contribution in [3.63, 3.8) is 0 Å². The summed E-state index contributed by atoms with van der Waals surface area (Å²) in [5, 5.41) is 3.42. The van der Waals surface area contributed by atoms with Crippen LogP contribution in [0.25, 0.3) is 11.0 Å². The molecule has 0 unspecified atom stereocenters. The lowest BCUT2D eigenvalue weighted by Crippen LogP contribution is -2.28. The number of nitrogens with one attached hydrogen (secondary N) is 2. The third-order valence-electron chi connectivity index (χ3n) is 3.58. The largest absolute Gasteiger partial charge is 0.341 e. The zero-order valence-corrected chi connectivity index (χ0v) is 10.9. The summed E-state index contributed by atoms with van der Waals surface area (Å²) in [6.45, 7) is 6.43. The van der Waals surface area contributed by atoms with E-state index in [4.69, 9.17) is 4.98 Å². The number of fused-ring (bicyclic) bond motifs is 1. The van der Waals surface area contributed by atoms with Gasteiger partial charge in [0.05, 0.1) is 11.0 Å². The minimum atomic E-state index is 1.02. The lowest BCUT2D eigenvalue weighted by molar-refractivity contribution is 0.724. The second-order valence-corrected chi connectivity index (χ2v) is 4.86. The molecule has 4 nitrogen and oxygen atoms in total. The molecule has 4 heteroatoms. The van der Waals surface area contributed by atoms with Gasteiger partial charge in [-0.1, -0.05) is 13.0 Å². The van der Waals surface area contributed by atoms with Crippen LogP contribution in [0.3, 0.4) is 0 Å². The highest BCUT2D eigenvalue weighted by Crippen LogP contribution is 2.19. The average Bonchev–Trinajstić information content (AvgIpc) is 2.63. The second kappa shape index (κ2) is 4.98. The van der Waals surface area contributed by atoms with Crippen LogP contribution in [0.5, 0.6) is 0 Å². The highest BCUT2D eigenvalue weighted by Gasteiger charge is 2.13. The summed E-state index contributed by atoms with van der Waals surface area (Å²) in [4.78, 5) is 10.5. The lowest BCUT2D eigenvalue weighted by atomic mass is 10.1. The number of hydrogen-bond acceptors (Lipinski definition) is 3. The van der Waals surface area contributed by atoms with E-state index in [1.54, 1.807) is 0 Å². The third kappa shape index (κ3) is 2.20. The summed E-state index contributed by atoms with van der Waals surface area (Å²) < 4.78 is 0. The number of rotatable bonds is 2. The molecule has 2 aromatic rings. The first kappa shape index (κ1) is 11.5. The standard InChI is InChI=1S/C14H20N4/c1-2-11-4-5-12-13(10-11)17-14(16-12)18-8-3-6-15-7-9-18/h4-5,10,15H,2-3,6-9H2,1H3,(H,16,17). The fourth-order valence-corrected chi connectivity index (χ4v) is 2.47. The van der Waals surface area contributed by atoms with Crippen LogP contribution >= 0.6 is 0 Å². The van der Waals surface area contributed by atoms with Gasteiger partial charge in [0.15, 0.2) is 0 Å². The Morgan fingerprint density at radius 3 is 3.11 bits per heavy atom. The van der Waals surface area contributed by atoms with E-state index < -0.39 is 0 Å². The molecule has 3 rings (SSSR count). The van der Waals surface area contributed by atoms with Gasteiger partial charge >= 0.3 is 0 Å². The molecule has 1 aromatic heterocycles. The molecule has 1 fully saturated rings. The van der Waals surface area contributed by atoms with Gasteiger partial charge in [-0.25, -0.2) is 4.98 Å². The maximum Gasteiger partial charge on any atom is 0.203 e. The molecule has 0 bridgehead atoms. The zero-order chi connectivity index (χ0) is 12.4. The van der Waals surface area contributed by atoms with Gasteiger partial charge < -0.3 is 15.2 Å². The van der Waals surface area contributed by atoms with E-state index in [9.17, 15) is 0 Å². The highest BCUT2D eigenvalue weighted by molar-refractivity contribution is 5.78. The molecule has 0 amide bonds. The first-order valence-corrected chi connectivity index (χ1v) is 6.81. The smallest absolute Gasteiger partial charge is 0.203 e. The van der Waals surface area contributed by atoms with E-state index in [2.05, 4.69) is 40.3 Å². The Balaban J connectivity index is 1.91. The number of aryl methyl sites for hydroxylation is 1. The predicted molar refractivity (Wildman–Crippen MR) is 75.2 cm³/mol. The first-order chi connectivity index (χ1) is 8.86. The van der Waals surface area contributed by atoms with Gasteiger partial charge in [0.1, 0.15) is 0 Å². The molecular weight excluding hydrogens is 224 g/mol. The molecule has 1 aliphatic heterocycles. The number of aromatic nitrogens is 2. The third-order valence-corrected chi connectivity index (χ3v) is 3.58. The summed E-state index contributed by atoms with van der Waals surface area (Å²) in [6, 6.07) is 6.49. The van der Waals surface area contributed by atoms with E-state index >= 15 is 0 Å². The summed E-state index contributed by atoms with van der Waals surface area (Å²) in [6.07, 6.45) is 2.25. The van der Waals surface area contributed by atoms with Gasteiger partial charge in [-0.2, -0.15) is 0 Å². The number of nitrogens with zero attached hydrogens (tertiary/aromatic N) is 2. The van der Waals surface area contributed by atoms with Crippen molar-refractivity contribution in [2.45, 2.75) is 19.8 Å². The molecule has 0 spiro atoms. The highest BCUT2D eigenvalue weighted by atomic mass is 15.3. The Bertz CT molecular complexity index is 524. The number of aromatic amines is 1. The maximum atomic E-state index is 4.70. The fraction of sp³-hybridized carbons (Fsp3) is 0.500. The summed E-state index contributed by atoms with van der Waals surface area (Å²) >= 11 is 0. The Kier molecular flexibility index (Phi) is 3.19. The quantitative estimate of drug-likeness (QED) is 0.848. The molecule has 0 radical (unpaired) electrons. The molecule has 1 aromatic carbocycles. The van der Waals surface area contributed by atoms with Gasteiger partial charge in [-0.15, -0.1) is 0 Å².